The maximum Gasteiger partial charge on any atom is 0.164 e. The highest BCUT2D eigenvalue weighted by molar-refractivity contribution is 6.14. The standard InChI is InChI=1S/C46H26N4/c1-6-16-36-29(11-1)25-26-47-43(36)30-21-23-31(24-22-30)44-48-45(41-27-32-12-2-4-14-34(32)37-17-7-9-19-39(37)41)50-46(49-44)42-28-33-13-3-5-15-35(33)38-18-8-10-20-40(38)42/h1-4,6-14,16-28H. The minimum absolute atomic E-state index is 0.608. The lowest BCUT2D eigenvalue weighted by atomic mass is 9.96. The Balaban J connectivity index is 1.22. The monoisotopic (exact) mass is 634 g/mol. The molecule has 0 atom stereocenters. The summed E-state index contributed by atoms with van der Waals surface area (Å²) in [5.41, 5.74) is 4.80. The molecule has 0 saturated heterocycles. The molecule has 0 aliphatic heterocycles. The van der Waals surface area contributed by atoms with E-state index in [4.69, 9.17) is 19.9 Å². The van der Waals surface area contributed by atoms with Gasteiger partial charge in [0.1, 0.15) is 0 Å². The van der Waals surface area contributed by atoms with E-state index in [1.54, 1.807) is 0 Å². The van der Waals surface area contributed by atoms with Gasteiger partial charge in [-0.05, 0) is 73.4 Å². The van der Waals surface area contributed by atoms with E-state index in [2.05, 4.69) is 152 Å². The van der Waals surface area contributed by atoms with Crippen molar-refractivity contribution in [2.75, 3.05) is 0 Å². The fourth-order valence-corrected chi connectivity index (χ4v) is 7.21. The highest BCUT2D eigenvalue weighted by Crippen LogP contribution is 2.38. The van der Waals surface area contributed by atoms with Gasteiger partial charge in [-0.25, -0.2) is 15.0 Å². The van der Waals surface area contributed by atoms with Crippen LogP contribution in [0.3, 0.4) is 0 Å². The second kappa shape index (κ2) is 11.3. The Morgan fingerprint density at radius 1 is 0.400 bits per heavy atom. The molecule has 230 valence electrons. The van der Waals surface area contributed by atoms with Crippen molar-refractivity contribution in [2.45, 2.75) is 0 Å². The maximum absolute atomic E-state index is 5.26. The number of benzene rings is 7. The Bertz CT molecular complexity index is 2790. The van der Waals surface area contributed by atoms with E-state index >= 15 is 0 Å². The van der Waals surface area contributed by atoms with Crippen LogP contribution in [0.15, 0.2) is 158 Å². The molecule has 4 heteroatoms. The van der Waals surface area contributed by atoms with E-state index < -0.39 is 0 Å². The molecule has 2 heterocycles. The first-order valence-corrected chi connectivity index (χ1v) is 16.6. The van der Waals surface area contributed by atoms with Gasteiger partial charge >= 0.3 is 0 Å². The summed E-state index contributed by atoms with van der Waals surface area (Å²) in [6.45, 7) is 0. The van der Waals surface area contributed by atoms with Gasteiger partial charge in [0, 0.05) is 39.2 Å². The van der Waals surface area contributed by atoms with Crippen LogP contribution < -0.4 is 0 Å². The number of hydrogen-bond acceptors (Lipinski definition) is 4. The quantitative estimate of drug-likeness (QED) is 0.181. The van der Waals surface area contributed by atoms with Crippen molar-refractivity contribution in [1.82, 2.24) is 19.9 Å². The van der Waals surface area contributed by atoms with E-state index in [1.807, 2.05) is 18.3 Å². The molecule has 0 amide bonds. The molecular formula is C46H26N4. The van der Waals surface area contributed by atoms with Crippen molar-refractivity contribution in [1.29, 1.82) is 0 Å². The Kier molecular flexibility index (Phi) is 6.37. The largest absolute Gasteiger partial charge is 0.256 e. The number of nitrogens with zero attached hydrogens (tertiary/aromatic N) is 4. The second-order valence-electron chi connectivity index (χ2n) is 12.5. The van der Waals surface area contributed by atoms with Crippen LogP contribution in [-0.4, -0.2) is 19.9 Å². The van der Waals surface area contributed by atoms with Crippen molar-refractivity contribution < 1.29 is 0 Å². The highest BCUT2D eigenvalue weighted by atomic mass is 15.0. The number of fused-ring (bicyclic) bond motifs is 7. The molecule has 0 aliphatic rings. The fraction of sp³-hybridized carbons (Fsp3) is 0. The van der Waals surface area contributed by atoms with Gasteiger partial charge in [-0.15, -0.1) is 0 Å². The van der Waals surface area contributed by atoms with Crippen LogP contribution in [0.5, 0.6) is 0 Å². The Morgan fingerprint density at radius 3 is 1.72 bits per heavy atom. The van der Waals surface area contributed by atoms with Crippen LogP contribution in [0.4, 0.5) is 0 Å². The molecule has 4 nitrogen and oxygen atoms in total. The van der Waals surface area contributed by atoms with Gasteiger partial charge in [0.15, 0.2) is 17.5 Å². The van der Waals surface area contributed by atoms with Gasteiger partial charge in [-0.1, -0.05) is 133 Å². The van der Waals surface area contributed by atoms with Gasteiger partial charge < -0.3 is 0 Å². The molecule has 0 N–H and O–H groups in total. The lowest BCUT2D eigenvalue weighted by molar-refractivity contribution is 1.08. The summed E-state index contributed by atoms with van der Waals surface area (Å²) in [7, 11) is 0. The summed E-state index contributed by atoms with van der Waals surface area (Å²) < 4.78 is 0. The predicted molar refractivity (Wildman–Crippen MR) is 205 cm³/mol. The summed E-state index contributed by atoms with van der Waals surface area (Å²) in [6.07, 6.45) is 1.87. The topological polar surface area (TPSA) is 51.6 Å². The lowest BCUT2D eigenvalue weighted by Gasteiger charge is -2.14. The summed E-state index contributed by atoms with van der Waals surface area (Å²) in [4.78, 5) is 20.4. The molecule has 0 saturated carbocycles. The molecule has 0 fully saturated rings. The molecular weight excluding hydrogens is 609 g/mol. The van der Waals surface area contributed by atoms with Crippen molar-refractivity contribution >= 4 is 53.9 Å². The Morgan fingerprint density at radius 2 is 0.960 bits per heavy atom. The Hall–Kier alpha value is -6.96. The molecule has 0 unspecified atom stereocenters. The van der Waals surface area contributed by atoms with E-state index in [0.717, 1.165) is 71.0 Å². The van der Waals surface area contributed by atoms with Gasteiger partial charge in [0.2, 0.25) is 0 Å². The zero-order chi connectivity index (χ0) is 33.0. The molecule has 10 rings (SSSR count). The first-order valence-electron chi connectivity index (χ1n) is 16.6. The van der Waals surface area contributed by atoms with Gasteiger partial charge in [-0.3, -0.25) is 4.98 Å². The lowest BCUT2D eigenvalue weighted by Crippen LogP contribution is -2.01. The van der Waals surface area contributed by atoms with Crippen molar-refractivity contribution in [2.24, 2.45) is 0 Å². The summed E-state index contributed by atoms with van der Waals surface area (Å²) in [5.74, 6) is 1.86. The van der Waals surface area contributed by atoms with E-state index in [-0.39, 0.29) is 0 Å². The molecule has 0 spiro atoms. The van der Waals surface area contributed by atoms with Crippen LogP contribution in [0, 0.1) is 12.1 Å². The third-order valence-electron chi connectivity index (χ3n) is 9.59. The van der Waals surface area contributed by atoms with Crippen LogP contribution in [-0.2, 0) is 0 Å². The van der Waals surface area contributed by atoms with Crippen molar-refractivity contribution in [3.63, 3.8) is 0 Å². The van der Waals surface area contributed by atoms with Gasteiger partial charge in [0.25, 0.3) is 0 Å². The second-order valence-corrected chi connectivity index (χ2v) is 12.5. The van der Waals surface area contributed by atoms with Crippen molar-refractivity contribution in [3.8, 4) is 45.4 Å². The predicted octanol–water partition coefficient (Wildman–Crippen LogP) is 11.3. The highest BCUT2D eigenvalue weighted by Gasteiger charge is 2.18. The first-order chi connectivity index (χ1) is 24.8. The maximum atomic E-state index is 5.26. The van der Waals surface area contributed by atoms with Crippen LogP contribution in [0.25, 0.3) is 99.3 Å². The summed E-state index contributed by atoms with van der Waals surface area (Å²) >= 11 is 0. The van der Waals surface area contributed by atoms with Gasteiger partial charge in [0.05, 0.1) is 5.69 Å². The minimum atomic E-state index is 0.608. The number of pyridine rings is 1. The third-order valence-corrected chi connectivity index (χ3v) is 9.59. The third kappa shape index (κ3) is 4.57. The zero-order valence-corrected chi connectivity index (χ0v) is 26.8. The summed E-state index contributed by atoms with van der Waals surface area (Å²) in [5, 5.41) is 11.1. The average Bonchev–Trinajstić information content (AvgIpc) is 3.20. The van der Waals surface area contributed by atoms with E-state index in [1.165, 1.54) is 10.8 Å². The molecule has 0 aliphatic carbocycles. The molecule has 10 aromatic rings. The molecule has 0 bridgehead atoms. The van der Waals surface area contributed by atoms with Crippen molar-refractivity contribution in [3.05, 3.63) is 170 Å². The van der Waals surface area contributed by atoms with Gasteiger partial charge in [-0.2, -0.15) is 0 Å². The fourth-order valence-electron chi connectivity index (χ4n) is 7.21. The molecule has 0 radical (unpaired) electrons. The molecule has 8 aromatic carbocycles. The van der Waals surface area contributed by atoms with Crippen LogP contribution >= 0.6 is 0 Å². The Labute approximate surface area is 288 Å². The van der Waals surface area contributed by atoms with Crippen LogP contribution in [0.1, 0.15) is 0 Å². The molecule has 50 heavy (non-hydrogen) atoms. The number of aromatic nitrogens is 4. The smallest absolute Gasteiger partial charge is 0.164 e. The minimum Gasteiger partial charge on any atom is -0.256 e. The van der Waals surface area contributed by atoms with E-state index in [9.17, 15) is 0 Å². The van der Waals surface area contributed by atoms with Crippen LogP contribution in [0.2, 0.25) is 0 Å². The SMILES string of the molecule is c1ccc2cc(-c3nc(-c4ccc(-c5nccc6ccccc56)cc4)nc(-c4cc5ccccc5c5ccccc45)n3)c3ccccc3c2c#1. The molecule has 2 aromatic heterocycles. The number of rotatable bonds is 4. The number of hydrogen-bond donors (Lipinski definition) is 0. The first kappa shape index (κ1) is 28.1. The normalized spacial score (nSPS) is 11.4. The van der Waals surface area contributed by atoms with E-state index in [0.29, 0.717) is 17.5 Å². The zero-order valence-electron chi connectivity index (χ0n) is 26.8. The summed E-state index contributed by atoms with van der Waals surface area (Å²) in [6, 6.07) is 59.0. The average molecular weight is 635 g/mol.